The number of sulfonamides is 1. The van der Waals surface area contributed by atoms with E-state index in [0.29, 0.717) is 38.2 Å². The fourth-order valence-electron chi connectivity index (χ4n) is 3.59. The lowest BCUT2D eigenvalue weighted by molar-refractivity contribution is -0.126. The molecule has 3 rings (SSSR count). The highest BCUT2D eigenvalue weighted by atomic mass is 32.2. The Morgan fingerprint density at radius 3 is 2.76 bits per heavy atom. The van der Waals surface area contributed by atoms with E-state index in [1.165, 1.54) is 4.31 Å². The summed E-state index contributed by atoms with van der Waals surface area (Å²) < 4.78 is 31.0. The summed E-state index contributed by atoms with van der Waals surface area (Å²) in [6, 6.07) is 5.53. The normalized spacial score (nSPS) is 17.0. The number of carbonyl (C=O) groups excluding carboxylic acids is 1. The van der Waals surface area contributed by atoms with Gasteiger partial charge < -0.3 is 10.1 Å². The average Bonchev–Trinajstić information content (AvgIpc) is 3.26. The summed E-state index contributed by atoms with van der Waals surface area (Å²) in [6.07, 6.45) is 3.36. The van der Waals surface area contributed by atoms with Crippen molar-refractivity contribution in [1.29, 1.82) is 0 Å². The minimum atomic E-state index is -3.20. The van der Waals surface area contributed by atoms with Gasteiger partial charge in [-0.15, -0.1) is 0 Å². The maximum absolute atomic E-state index is 13.0. The number of methoxy groups -OCH3 is 1. The first kappa shape index (κ1) is 21.7. The maximum Gasteiger partial charge on any atom is 0.223 e. The van der Waals surface area contributed by atoms with Gasteiger partial charge in [-0.2, -0.15) is 11.3 Å². The molecule has 2 aromatic rings. The molecular weight excluding hydrogens is 410 g/mol. The quantitative estimate of drug-likeness (QED) is 0.686. The number of amides is 1. The van der Waals surface area contributed by atoms with E-state index in [-0.39, 0.29) is 23.6 Å². The van der Waals surface area contributed by atoms with Crippen molar-refractivity contribution in [3.63, 3.8) is 0 Å². The zero-order valence-electron chi connectivity index (χ0n) is 16.7. The summed E-state index contributed by atoms with van der Waals surface area (Å²) in [5, 5.41) is 7.24. The first-order valence-electron chi connectivity index (χ1n) is 9.72. The van der Waals surface area contributed by atoms with Crippen LogP contribution < -0.4 is 10.1 Å². The summed E-state index contributed by atoms with van der Waals surface area (Å²) >= 11 is 1.62. The second-order valence-corrected chi connectivity index (χ2v) is 10.1. The van der Waals surface area contributed by atoms with E-state index in [1.807, 2.05) is 23.6 Å². The number of hydrogen-bond donors (Lipinski definition) is 1. The van der Waals surface area contributed by atoms with Crippen molar-refractivity contribution in [3.05, 3.63) is 46.3 Å². The van der Waals surface area contributed by atoms with Crippen LogP contribution in [0.4, 0.5) is 0 Å². The lowest BCUT2D eigenvalue weighted by atomic mass is 9.95. The molecule has 1 fully saturated rings. The summed E-state index contributed by atoms with van der Waals surface area (Å²) in [5.41, 5.74) is 1.97. The van der Waals surface area contributed by atoms with Crippen LogP contribution in [0, 0.1) is 5.92 Å². The molecule has 1 atom stereocenters. The molecule has 2 aromatic heterocycles. The number of piperidine rings is 1. The van der Waals surface area contributed by atoms with Crippen molar-refractivity contribution in [2.45, 2.75) is 32.2 Å². The second kappa shape index (κ2) is 9.69. The number of nitrogens with one attached hydrogen (secondary N) is 1. The molecule has 1 aliphatic heterocycles. The SMILES string of the molecule is CCS(=O)(=O)N1CCC(C(=O)N[C@@H](Cc2ccsc2)c2cccnc2OC)CC1. The Hall–Kier alpha value is -1.97. The van der Waals surface area contributed by atoms with Crippen molar-refractivity contribution in [2.24, 2.45) is 5.92 Å². The largest absolute Gasteiger partial charge is 0.481 e. The highest BCUT2D eigenvalue weighted by molar-refractivity contribution is 7.89. The first-order chi connectivity index (χ1) is 13.9. The molecule has 0 bridgehead atoms. The van der Waals surface area contributed by atoms with Crippen LogP contribution in [0.15, 0.2) is 35.2 Å². The van der Waals surface area contributed by atoms with E-state index >= 15 is 0 Å². The predicted molar refractivity (Wildman–Crippen MR) is 113 cm³/mol. The van der Waals surface area contributed by atoms with Gasteiger partial charge in [0.15, 0.2) is 0 Å². The van der Waals surface area contributed by atoms with E-state index in [1.54, 1.807) is 31.6 Å². The highest BCUT2D eigenvalue weighted by Gasteiger charge is 2.31. The highest BCUT2D eigenvalue weighted by Crippen LogP contribution is 2.28. The Morgan fingerprint density at radius 1 is 1.38 bits per heavy atom. The topological polar surface area (TPSA) is 88.6 Å². The van der Waals surface area contributed by atoms with E-state index < -0.39 is 10.0 Å². The Balaban J connectivity index is 1.72. The maximum atomic E-state index is 13.0. The smallest absolute Gasteiger partial charge is 0.223 e. The van der Waals surface area contributed by atoms with Crippen LogP contribution in [-0.4, -0.2) is 49.6 Å². The molecular formula is C20H27N3O4S2. The third-order valence-corrected chi connectivity index (χ3v) is 7.90. The number of thiophene rings is 1. The Labute approximate surface area is 176 Å². The van der Waals surface area contributed by atoms with Crippen molar-refractivity contribution in [2.75, 3.05) is 26.0 Å². The molecule has 1 amide bonds. The molecule has 1 N–H and O–H groups in total. The first-order valence-corrected chi connectivity index (χ1v) is 12.3. The van der Waals surface area contributed by atoms with E-state index in [9.17, 15) is 13.2 Å². The zero-order valence-corrected chi connectivity index (χ0v) is 18.3. The van der Waals surface area contributed by atoms with Gasteiger partial charge in [0.1, 0.15) is 0 Å². The molecule has 0 radical (unpaired) electrons. The fraction of sp³-hybridized carbons (Fsp3) is 0.500. The van der Waals surface area contributed by atoms with Crippen LogP contribution in [0.1, 0.15) is 36.9 Å². The van der Waals surface area contributed by atoms with Crippen LogP contribution in [0.25, 0.3) is 0 Å². The predicted octanol–water partition coefficient (Wildman–Crippen LogP) is 2.61. The zero-order chi connectivity index (χ0) is 20.9. The molecule has 1 aliphatic rings. The van der Waals surface area contributed by atoms with Gasteiger partial charge in [-0.05, 0) is 54.6 Å². The Kier molecular flexibility index (Phi) is 7.26. The van der Waals surface area contributed by atoms with Crippen molar-refractivity contribution in [1.82, 2.24) is 14.6 Å². The van der Waals surface area contributed by atoms with Gasteiger partial charge in [0.2, 0.25) is 21.8 Å². The molecule has 7 nitrogen and oxygen atoms in total. The van der Waals surface area contributed by atoms with Crippen LogP contribution in [0.2, 0.25) is 0 Å². The van der Waals surface area contributed by atoms with Gasteiger partial charge in [0.05, 0.1) is 18.9 Å². The third-order valence-electron chi connectivity index (χ3n) is 5.29. The molecule has 158 valence electrons. The fourth-order valence-corrected chi connectivity index (χ4v) is 5.40. The lowest BCUT2D eigenvalue weighted by Crippen LogP contribution is -2.44. The summed E-state index contributed by atoms with van der Waals surface area (Å²) in [4.78, 5) is 17.3. The minimum absolute atomic E-state index is 0.0512. The number of pyridine rings is 1. The van der Waals surface area contributed by atoms with Gasteiger partial charge >= 0.3 is 0 Å². The molecule has 3 heterocycles. The monoisotopic (exact) mass is 437 g/mol. The lowest BCUT2D eigenvalue weighted by Gasteiger charge is -2.31. The van der Waals surface area contributed by atoms with Crippen molar-refractivity contribution >= 4 is 27.3 Å². The molecule has 0 unspecified atom stereocenters. The summed E-state index contributed by atoms with van der Waals surface area (Å²) in [5.74, 6) is 0.334. The number of rotatable bonds is 8. The van der Waals surface area contributed by atoms with Crippen molar-refractivity contribution < 1.29 is 17.9 Å². The van der Waals surface area contributed by atoms with Gasteiger partial charge in [-0.25, -0.2) is 17.7 Å². The van der Waals surface area contributed by atoms with Crippen LogP contribution >= 0.6 is 11.3 Å². The summed E-state index contributed by atoms with van der Waals surface area (Å²) in [7, 11) is -1.63. The molecule has 0 saturated carbocycles. The average molecular weight is 438 g/mol. The standard InChI is InChI=1S/C20H27N3O4S2/c1-3-29(25,26)23-10-6-16(7-11-23)19(24)22-18(13-15-8-12-28-14-15)17-5-4-9-21-20(17)27-2/h4-5,8-9,12,14,16,18H,3,6-7,10-11,13H2,1-2H3,(H,22,24)/t18-/m0/s1. The van der Waals surface area contributed by atoms with Crippen molar-refractivity contribution in [3.8, 4) is 5.88 Å². The van der Waals surface area contributed by atoms with Gasteiger partial charge in [0.25, 0.3) is 0 Å². The number of carbonyl (C=O) groups is 1. The van der Waals surface area contributed by atoms with E-state index in [0.717, 1.165) is 11.1 Å². The van der Waals surface area contributed by atoms with Crippen LogP contribution in [0.5, 0.6) is 5.88 Å². The summed E-state index contributed by atoms with van der Waals surface area (Å²) in [6.45, 7) is 2.42. The third kappa shape index (κ3) is 5.34. The Bertz CT molecular complexity index is 908. The Morgan fingerprint density at radius 2 is 2.14 bits per heavy atom. The number of ether oxygens (including phenoxy) is 1. The van der Waals surface area contributed by atoms with Gasteiger partial charge in [-0.1, -0.05) is 6.07 Å². The molecule has 0 spiro atoms. The molecule has 0 aromatic carbocycles. The molecule has 29 heavy (non-hydrogen) atoms. The van der Waals surface area contributed by atoms with Crippen LogP contribution in [-0.2, 0) is 21.2 Å². The number of aromatic nitrogens is 1. The second-order valence-electron chi connectivity index (χ2n) is 7.07. The van der Waals surface area contributed by atoms with Crippen LogP contribution in [0.3, 0.4) is 0 Å². The van der Waals surface area contributed by atoms with E-state index in [2.05, 4.69) is 15.7 Å². The minimum Gasteiger partial charge on any atom is -0.481 e. The molecule has 9 heteroatoms. The molecule has 1 saturated heterocycles. The van der Waals surface area contributed by atoms with Gasteiger partial charge in [-0.3, -0.25) is 4.79 Å². The number of hydrogen-bond acceptors (Lipinski definition) is 6. The molecule has 0 aliphatic carbocycles. The number of nitrogens with zero attached hydrogens (tertiary/aromatic N) is 2. The van der Waals surface area contributed by atoms with Gasteiger partial charge in [0, 0.05) is 30.8 Å². The van der Waals surface area contributed by atoms with E-state index in [4.69, 9.17) is 4.74 Å².